The van der Waals surface area contributed by atoms with Crippen LogP contribution >= 0.6 is 23.5 Å². The molecule has 0 bridgehead atoms. The van der Waals surface area contributed by atoms with Gasteiger partial charge in [-0.05, 0) is 57.1 Å². The number of halogens is 1. The van der Waals surface area contributed by atoms with Crippen LogP contribution in [0.1, 0.15) is 31.7 Å². The molecule has 3 N–H and O–H groups in total. The smallest absolute Gasteiger partial charge is 0.229 e. The summed E-state index contributed by atoms with van der Waals surface area (Å²) in [6.45, 7) is 4.27. The summed E-state index contributed by atoms with van der Waals surface area (Å²) in [5.41, 5.74) is 4.93. The molecule has 1 aliphatic heterocycles. The number of para-hydroxylation sites is 1. The molecule has 11 heteroatoms. The van der Waals surface area contributed by atoms with Gasteiger partial charge in [0.05, 0.1) is 31.8 Å². The van der Waals surface area contributed by atoms with Crippen molar-refractivity contribution in [2.45, 2.75) is 38.6 Å². The first-order valence-electron chi connectivity index (χ1n) is 13.5. The highest BCUT2D eigenvalue weighted by Gasteiger charge is 2.24. The molecule has 0 spiro atoms. The number of benzene rings is 2. The van der Waals surface area contributed by atoms with Gasteiger partial charge in [-0.1, -0.05) is 43.0 Å². The predicted molar refractivity (Wildman–Crippen MR) is 170 cm³/mol. The second-order valence-electron chi connectivity index (χ2n) is 9.94. The van der Waals surface area contributed by atoms with Crippen LogP contribution in [-0.2, 0) is 6.42 Å². The maximum Gasteiger partial charge on any atom is 0.229 e. The van der Waals surface area contributed by atoms with Gasteiger partial charge in [0.25, 0.3) is 0 Å². The number of rotatable bonds is 12. The second kappa shape index (κ2) is 14.0. The van der Waals surface area contributed by atoms with Crippen molar-refractivity contribution in [2.75, 3.05) is 67.9 Å². The summed E-state index contributed by atoms with van der Waals surface area (Å²) >= 11 is 7.98. The molecule has 3 aromatic rings. The highest BCUT2D eigenvalue weighted by Crippen LogP contribution is 2.39. The van der Waals surface area contributed by atoms with Gasteiger partial charge < -0.3 is 34.6 Å². The molecular formula is C29H40ClN7O2S. The third kappa shape index (κ3) is 6.97. The van der Waals surface area contributed by atoms with Gasteiger partial charge in [0, 0.05) is 37.1 Å². The molecule has 0 radical (unpaired) electrons. The summed E-state index contributed by atoms with van der Waals surface area (Å²) in [4.78, 5) is 14.0. The van der Waals surface area contributed by atoms with Crippen LogP contribution in [0, 0.1) is 0 Å². The largest absolute Gasteiger partial charge is 0.494 e. The second-order valence-corrected chi connectivity index (χ2v) is 11.0. The van der Waals surface area contributed by atoms with Gasteiger partial charge in [0.2, 0.25) is 5.95 Å². The Kier molecular flexibility index (Phi) is 10.5. The standard InChI is InChI=1S/C29H40ClN7O2S/c1-7-9-19-16-23(26(39-5)17-24(19)37-14-12-20(13-15-37)36(2)3)33-29-31-18-21(30)28(34-29)32-22-10-8-11-25(38-4)27(22)35-40-6/h8,10-11,16-18,20,35H,7,9,12-15H2,1-6H3,(H2,31,32,33,34). The van der Waals surface area contributed by atoms with E-state index in [9.17, 15) is 0 Å². The van der Waals surface area contributed by atoms with Crippen LogP contribution in [0.15, 0.2) is 36.5 Å². The quantitative estimate of drug-likeness (QED) is 0.197. The molecule has 4 rings (SSSR count). The molecule has 2 aromatic carbocycles. The number of aryl methyl sites for hydroxylation is 1. The van der Waals surface area contributed by atoms with E-state index in [1.807, 2.05) is 24.5 Å². The van der Waals surface area contributed by atoms with Crippen molar-refractivity contribution in [1.82, 2.24) is 14.9 Å². The van der Waals surface area contributed by atoms with Crippen molar-refractivity contribution in [1.29, 1.82) is 0 Å². The van der Waals surface area contributed by atoms with Gasteiger partial charge in [-0.25, -0.2) is 4.98 Å². The first-order chi connectivity index (χ1) is 19.4. The van der Waals surface area contributed by atoms with Gasteiger partial charge >= 0.3 is 0 Å². The Hall–Kier alpha value is -3.08. The zero-order valence-electron chi connectivity index (χ0n) is 24.2. The van der Waals surface area contributed by atoms with Crippen LogP contribution in [-0.4, -0.2) is 68.6 Å². The average molecular weight is 586 g/mol. The molecule has 40 heavy (non-hydrogen) atoms. The lowest BCUT2D eigenvalue weighted by molar-refractivity contribution is 0.249. The van der Waals surface area contributed by atoms with Crippen molar-refractivity contribution >= 4 is 58.1 Å². The predicted octanol–water partition coefficient (Wildman–Crippen LogP) is 6.81. The Morgan fingerprint density at radius 2 is 1.82 bits per heavy atom. The van der Waals surface area contributed by atoms with Crippen molar-refractivity contribution in [2.24, 2.45) is 0 Å². The van der Waals surface area contributed by atoms with Gasteiger partial charge in [-0.2, -0.15) is 4.98 Å². The van der Waals surface area contributed by atoms with E-state index in [1.165, 1.54) is 23.2 Å². The Morgan fingerprint density at radius 1 is 1.07 bits per heavy atom. The van der Waals surface area contributed by atoms with E-state index in [2.05, 4.69) is 63.3 Å². The monoisotopic (exact) mass is 585 g/mol. The Labute approximate surface area is 247 Å². The van der Waals surface area contributed by atoms with E-state index >= 15 is 0 Å². The molecule has 2 heterocycles. The van der Waals surface area contributed by atoms with E-state index in [0.29, 0.717) is 28.6 Å². The third-order valence-corrected chi connectivity index (χ3v) is 7.83. The van der Waals surface area contributed by atoms with Gasteiger partial charge in [-0.15, -0.1) is 0 Å². The van der Waals surface area contributed by atoms with Crippen LogP contribution in [0.5, 0.6) is 11.5 Å². The molecule has 0 saturated carbocycles. The van der Waals surface area contributed by atoms with E-state index in [0.717, 1.165) is 61.6 Å². The number of nitrogens with zero attached hydrogens (tertiary/aromatic N) is 4. The number of nitrogens with one attached hydrogen (secondary N) is 3. The molecule has 0 atom stereocenters. The molecule has 216 valence electrons. The number of methoxy groups -OCH3 is 2. The normalized spacial score (nSPS) is 13.8. The highest BCUT2D eigenvalue weighted by atomic mass is 35.5. The molecule has 0 amide bonds. The van der Waals surface area contributed by atoms with Gasteiger partial charge in [0.1, 0.15) is 22.2 Å². The summed E-state index contributed by atoms with van der Waals surface area (Å²) in [6, 6.07) is 10.7. The lowest BCUT2D eigenvalue weighted by Crippen LogP contribution is -2.42. The molecule has 0 aliphatic carbocycles. The average Bonchev–Trinajstić information content (AvgIpc) is 2.96. The van der Waals surface area contributed by atoms with Gasteiger partial charge in [0.15, 0.2) is 5.82 Å². The fourth-order valence-electron chi connectivity index (χ4n) is 5.04. The van der Waals surface area contributed by atoms with Crippen molar-refractivity contribution in [3.8, 4) is 11.5 Å². The fraction of sp³-hybridized carbons (Fsp3) is 0.448. The first kappa shape index (κ1) is 29.9. The van der Waals surface area contributed by atoms with E-state index < -0.39 is 0 Å². The number of piperidine rings is 1. The zero-order valence-corrected chi connectivity index (χ0v) is 25.7. The Bertz CT molecular complexity index is 1290. The maximum atomic E-state index is 6.51. The first-order valence-corrected chi connectivity index (χ1v) is 15.1. The van der Waals surface area contributed by atoms with Crippen LogP contribution in [0.4, 0.5) is 34.5 Å². The van der Waals surface area contributed by atoms with Crippen LogP contribution < -0.4 is 29.7 Å². The minimum atomic E-state index is 0.401. The summed E-state index contributed by atoms with van der Waals surface area (Å²) < 4.78 is 14.6. The molecule has 1 aromatic heterocycles. The highest BCUT2D eigenvalue weighted by molar-refractivity contribution is 7.99. The summed E-state index contributed by atoms with van der Waals surface area (Å²) in [5, 5.41) is 7.11. The van der Waals surface area contributed by atoms with Crippen molar-refractivity contribution in [3.63, 3.8) is 0 Å². The minimum absolute atomic E-state index is 0.401. The lowest BCUT2D eigenvalue weighted by atomic mass is 10.00. The number of hydrogen-bond donors (Lipinski definition) is 3. The minimum Gasteiger partial charge on any atom is -0.494 e. The summed E-state index contributed by atoms with van der Waals surface area (Å²) in [5.74, 6) is 2.35. The molecule has 1 fully saturated rings. The lowest BCUT2D eigenvalue weighted by Gasteiger charge is -2.37. The molecular weight excluding hydrogens is 546 g/mol. The molecule has 0 unspecified atom stereocenters. The van der Waals surface area contributed by atoms with Crippen LogP contribution in [0.25, 0.3) is 0 Å². The number of hydrogen-bond acceptors (Lipinski definition) is 10. The molecule has 9 nitrogen and oxygen atoms in total. The fourth-order valence-corrected chi connectivity index (χ4v) is 5.60. The van der Waals surface area contributed by atoms with E-state index in [4.69, 9.17) is 26.1 Å². The number of anilines is 6. The van der Waals surface area contributed by atoms with Crippen LogP contribution in [0.2, 0.25) is 5.02 Å². The van der Waals surface area contributed by atoms with Gasteiger partial charge in [-0.3, -0.25) is 0 Å². The SMILES string of the molecule is CCCc1cc(Nc2ncc(Cl)c(Nc3cccc(OC)c3NSC)n2)c(OC)cc1N1CCC(N(C)C)CC1. The molecule has 1 saturated heterocycles. The topological polar surface area (TPSA) is 86.8 Å². The third-order valence-electron chi connectivity index (χ3n) is 7.15. The maximum absolute atomic E-state index is 6.51. The van der Waals surface area contributed by atoms with Crippen molar-refractivity contribution < 1.29 is 9.47 Å². The Balaban J connectivity index is 1.61. The number of aromatic nitrogens is 2. The molecule has 1 aliphatic rings. The van der Waals surface area contributed by atoms with Crippen molar-refractivity contribution in [3.05, 3.63) is 47.1 Å². The van der Waals surface area contributed by atoms with E-state index in [-0.39, 0.29) is 0 Å². The summed E-state index contributed by atoms with van der Waals surface area (Å²) in [6.07, 6.45) is 7.85. The summed E-state index contributed by atoms with van der Waals surface area (Å²) in [7, 11) is 7.67. The Morgan fingerprint density at radius 3 is 2.48 bits per heavy atom. The zero-order chi connectivity index (χ0) is 28.6. The van der Waals surface area contributed by atoms with E-state index in [1.54, 1.807) is 20.4 Å². The number of ether oxygens (including phenoxy) is 2. The van der Waals surface area contributed by atoms with Crippen LogP contribution in [0.3, 0.4) is 0 Å².